The van der Waals surface area contributed by atoms with Crippen molar-refractivity contribution in [3.05, 3.63) is 46.7 Å². The summed E-state index contributed by atoms with van der Waals surface area (Å²) < 4.78 is 7.49. The molecule has 2 rings (SSSR count). The minimum Gasteiger partial charge on any atom is -0.487 e. The summed E-state index contributed by atoms with van der Waals surface area (Å²) in [4.78, 5) is 0.317. The van der Waals surface area contributed by atoms with Crippen LogP contribution in [0.1, 0.15) is 18.1 Å². The second-order valence-electron chi connectivity index (χ2n) is 4.00. The number of aryl methyl sites for hydroxylation is 1. The standard InChI is InChI=1S/C13H14ClN3OS/c1-2-17-7-9(6-16-17)8-18-12-4-3-10(13(15)19)5-11(12)14/h3-7H,2,8H2,1H3,(H2,15,19). The zero-order valence-corrected chi connectivity index (χ0v) is 12.0. The Morgan fingerprint density at radius 2 is 2.32 bits per heavy atom. The Balaban J connectivity index is 2.05. The normalized spacial score (nSPS) is 10.4. The van der Waals surface area contributed by atoms with E-state index in [1.54, 1.807) is 24.4 Å². The Morgan fingerprint density at radius 1 is 1.53 bits per heavy atom. The van der Waals surface area contributed by atoms with E-state index < -0.39 is 0 Å². The van der Waals surface area contributed by atoms with Gasteiger partial charge in [0.15, 0.2) is 0 Å². The third kappa shape index (κ3) is 3.45. The van der Waals surface area contributed by atoms with Crippen LogP contribution in [0.4, 0.5) is 0 Å². The van der Waals surface area contributed by atoms with E-state index in [1.165, 1.54) is 0 Å². The lowest BCUT2D eigenvalue weighted by atomic mass is 10.2. The van der Waals surface area contributed by atoms with Gasteiger partial charge in [0.25, 0.3) is 0 Å². The third-order valence-corrected chi connectivity index (χ3v) is 3.15. The maximum atomic E-state index is 6.11. The Morgan fingerprint density at radius 3 is 2.89 bits per heavy atom. The number of aromatic nitrogens is 2. The number of benzene rings is 1. The molecule has 0 bridgehead atoms. The number of ether oxygens (including phenoxy) is 1. The van der Waals surface area contributed by atoms with E-state index in [2.05, 4.69) is 5.10 Å². The highest BCUT2D eigenvalue weighted by atomic mass is 35.5. The Hall–Kier alpha value is -1.59. The Labute approximate surface area is 122 Å². The minimum atomic E-state index is 0.317. The molecule has 1 heterocycles. The van der Waals surface area contributed by atoms with E-state index >= 15 is 0 Å². The van der Waals surface area contributed by atoms with Gasteiger partial charge in [0.05, 0.1) is 11.2 Å². The second kappa shape index (κ2) is 6.04. The van der Waals surface area contributed by atoms with Crippen molar-refractivity contribution in [3.63, 3.8) is 0 Å². The van der Waals surface area contributed by atoms with E-state index in [1.807, 2.05) is 17.8 Å². The van der Waals surface area contributed by atoms with Crippen molar-refractivity contribution in [3.8, 4) is 5.75 Å². The van der Waals surface area contributed by atoms with E-state index in [4.69, 9.17) is 34.3 Å². The quantitative estimate of drug-likeness (QED) is 0.862. The highest BCUT2D eigenvalue weighted by Gasteiger charge is 2.06. The minimum absolute atomic E-state index is 0.317. The van der Waals surface area contributed by atoms with Gasteiger partial charge in [0, 0.05) is 23.9 Å². The highest BCUT2D eigenvalue weighted by molar-refractivity contribution is 7.80. The van der Waals surface area contributed by atoms with Crippen molar-refractivity contribution in [1.82, 2.24) is 9.78 Å². The number of hydrogen-bond donors (Lipinski definition) is 1. The Bertz CT molecular complexity index is 597. The molecule has 0 unspecified atom stereocenters. The number of hydrogen-bond acceptors (Lipinski definition) is 3. The van der Waals surface area contributed by atoms with Crippen LogP contribution in [0.5, 0.6) is 5.75 Å². The molecule has 0 aliphatic rings. The van der Waals surface area contributed by atoms with Gasteiger partial charge in [-0.25, -0.2) is 0 Å². The predicted molar refractivity (Wildman–Crippen MR) is 79.6 cm³/mol. The third-order valence-electron chi connectivity index (χ3n) is 2.62. The fraction of sp³-hybridized carbons (Fsp3) is 0.231. The van der Waals surface area contributed by atoms with Crippen LogP contribution >= 0.6 is 23.8 Å². The summed E-state index contributed by atoms with van der Waals surface area (Å²) in [6, 6.07) is 5.26. The van der Waals surface area contributed by atoms with E-state index in [-0.39, 0.29) is 0 Å². The lowest BCUT2D eigenvalue weighted by molar-refractivity contribution is 0.306. The lowest BCUT2D eigenvalue weighted by Crippen LogP contribution is -2.09. The van der Waals surface area contributed by atoms with Crippen LogP contribution in [0.3, 0.4) is 0 Å². The fourth-order valence-electron chi connectivity index (χ4n) is 1.59. The zero-order chi connectivity index (χ0) is 13.8. The van der Waals surface area contributed by atoms with Gasteiger partial charge < -0.3 is 10.5 Å². The summed E-state index contributed by atoms with van der Waals surface area (Å²) >= 11 is 11.0. The summed E-state index contributed by atoms with van der Waals surface area (Å²) in [6.07, 6.45) is 3.72. The zero-order valence-electron chi connectivity index (χ0n) is 10.5. The molecule has 0 amide bonds. The first kappa shape index (κ1) is 13.8. The molecule has 100 valence electrons. The van der Waals surface area contributed by atoms with Crippen molar-refractivity contribution in [2.24, 2.45) is 5.73 Å². The second-order valence-corrected chi connectivity index (χ2v) is 4.85. The van der Waals surface area contributed by atoms with Gasteiger partial charge in [-0.05, 0) is 25.1 Å². The summed E-state index contributed by atoms with van der Waals surface area (Å²) in [5.41, 5.74) is 7.26. The van der Waals surface area contributed by atoms with Crippen molar-refractivity contribution in [1.29, 1.82) is 0 Å². The molecule has 2 N–H and O–H groups in total. The highest BCUT2D eigenvalue weighted by Crippen LogP contribution is 2.26. The van der Waals surface area contributed by atoms with E-state index in [0.717, 1.165) is 17.7 Å². The summed E-state index contributed by atoms with van der Waals surface area (Å²) in [5.74, 6) is 0.603. The molecule has 0 saturated carbocycles. The molecular weight excluding hydrogens is 282 g/mol. The molecule has 0 radical (unpaired) electrons. The molecule has 0 spiro atoms. The number of halogens is 1. The molecule has 0 fully saturated rings. The summed E-state index contributed by atoms with van der Waals surface area (Å²) in [5, 5.41) is 4.67. The SMILES string of the molecule is CCn1cc(COc2ccc(C(N)=S)cc2Cl)cn1. The molecule has 19 heavy (non-hydrogen) atoms. The van der Waals surface area contributed by atoms with Gasteiger partial charge in [0.2, 0.25) is 0 Å². The molecule has 0 aliphatic heterocycles. The average Bonchev–Trinajstić information content (AvgIpc) is 2.85. The maximum Gasteiger partial charge on any atom is 0.138 e. The van der Waals surface area contributed by atoms with Gasteiger partial charge in [-0.3, -0.25) is 4.68 Å². The Kier molecular flexibility index (Phi) is 4.39. The number of rotatable bonds is 5. The number of nitrogens with two attached hydrogens (primary N) is 1. The van der Waals surface area contributed by atoms with Crippen LogP contribution in [0.2, 0.25) is 5.02 Å². The first-order valence-electron chi connectivity index (χ1n) is 5.83. The summed E-state index contributed by atoms with van der Waals surface area (Å²) in [6.45, 7) is 3.29. The van der Waals surface area contributed by atoms with Crippen molar-refractivity contribution >= 4 is 28.8 Å². The topological polar surface area (TPSA) is 53.1 Å². The number of nitrogens with zero attached hydrogens (tertiary/aromatic N) is 2. The molecule has 6 heteroatoms. The van der Waals surface area contributed by atoms with Crippen molar-refractivity contribution < 1.29 is 4.74 Å². The molecule has 4 nitrogen and oxygen atoms in total. The fourth-order valence-corrected chi connectivity index (χ4v) is 1.95. The molecule has 1 aromatic heterocycles. The molecule has 2 aromatic rings. The lowest BCUT2D eigenvalue weighted by Gasteiger charge is -2.08. The van der Waals surface area contributed by atoms with Crippen LogP contribution < -0.4 is 10.5 Å². The molecular formula is C13H14ClN3OS. The first-order chi connectivity index (χ1) is 9.10. The maximum absolute atomic E-state index is 6.11. The van der Waals surface area contributed by atoms with Crippen LogP contribution in [0, 0.1) is 0 Å². The molecule has 0 aliphatic carbocycles. The van der Waals surface area contributed by atoms with Gasteiger partial charge in [-0.15, -0.1) is 0 Å². The van der Waals surface area contributed by atoms with Crippen molar-refractivity contribution in [2.75, 3.05) is 0 Å². The summed E-state index contributed by atoms with van der Waals surface area (Å²) in [7, 11) is 0. The molecule has 0 atom stereocenters. The van der Waals surface area contributed by atoms with E-state index in [9.17, 15) is 0 Å². The molecule has 1 aromatic carbocycles. The van der Waals surface area contributed by atoms with Gasteiger partial charge in [-0.2, -0.15) is 5.10 Å². The average molecular weight is 296 g/mol. The van der Waals surface area contributed by atoms with Crippen molar-refractivity contribution in [2.45, 2.75) is 20.1 Å². The largest absolute Gasteiger partial charge is 0.487 e. The van der Waals surface area contributed by atoms with Gasteiger partial charge in [-0.1, -0.05) is 23.8 Å². The predicted octanol–water partition coefficient (Wildman–Crippen LogP) is 2.77. The van der Waals surface area contributed by atoms with Crippen LogP contribution in [0.25, 0.3) is 0 Å². The van der Waals surface area contributed by atoms with Gasteiger partial charge in [0.1, 0.15) is 17.3 Å². The first-order valence-corrected chi connectivity index (χ1v) is 6.62. The van der Waals surface area contributed by atoms with Crippen LogP contribution in [-0.2, 0) is 13.2 Å². The van der Waals surface area contributed by atoms with Gasteiger partial charge >= 0.3 is 0 Å². The number of thiocarbonyl (C=S) groups is 1. The molecule has 0 saturated heterocycles. The van der Waals surface area contributed by atoms with E-state index in [0.29, 0.717) is 22.4 Å². The van der Waals surface area contributed by atoms with Crippen LogP contribution in [-0.4, -0.2) is 14.8 Å². The smallest absolute Gasteiger partial charge is 0.138 e. The van der Waals surface area contributed by atoms with Crippen LogP contribution in [0.15, 0.2) is 30.6 Å². The monoisotopic (exact) mass is 295 g/mol.